The summed E-state index contributed by atoms with van der Waals surface area (Å²) in [5, 5.41) is 10.3. The molecule has 0 aliphatic carbocycles. The lowest BCUT2D eigenvalue weighted by atomic mass is 10.2. The number of aromatic nitrogens is 2. The third-order valence-corrected chi connectivity index (χ3v) is 4.92. The second-order valence-corrected chi connectivity index (χ2v) is 6.99. The van der Waals surface area contributed by atoms with Gasteiger partial charge in [0, 0.05) is 29.7 Å². The van der Waals surface area contributed by atoms with E-state index in [0.717, 1.165) is 34.7 Å². The summed E-state index contributed by atoms with van der Waals surface area (Å²) in [7, 11) is 0. The first kappa shape index (κ1) is 18.3. The molecule has 2 heterocycles. The van der Waals surface area contributed by atoms with Crippen LogP contribution in [-0.2, 0) is 27.6 Å². The summed E-state index contributed by atoms with van der Waals surface area (Å²) < 4.78 is 1.60. The van der Waals surface area contributed by atoms with Gasteiger partial charge in [-0.1, -0.05) is 37.3 Å². The molecule has 0 spiro atoms. The molecule has 2 aromatic rings. The van der Waals surface area contributed by atoms with Crippen molar-refractivity contribution >= 4 is 35.5 Å². The van der Waals surface area contributed by atoms with E-state index in [1.54, 1.807) is 22.5 Å². The molecule has 136 valence electrons. The summed E-state index contributed by atoms with van der Waals surface area (Å²) in [4.78, 5) is 24.4. The van der Waals surface area contributed by atoms with Gasteiger partial charge in [-0.15, -0.1) is 0 Å². The van der Waals surface area contributed by atoms with Gasteiger partial charge in [-0.3, -0.25) is 9.59 Å². The Hall–Kier alpha value is -2.54. The number of rotatable bonds is 7. The zero-order valence-electron chi connectivity index (χ0n) is 14.7. The molecule has 1 aromatic carbocycles. The molecule has 1 aliphatic rings. The number of fused-ring (bicyclic) bond motifs is 1. The van der Waals surface area contributed by atoms with E-state index < -0.39 is 0 Å². The molecule has 0 bridgehead atoms. The van der Waals surface area contributed by atoms with E-state index in [9.17, 15) is 9.59 Å². The number of hydrogen-bond acceptors (Lipinski definition) is 4. The monoisotopic (exact) mass is 370 g/mol. The van der Waals surface area contributed by atoms with Crippen LogP contribution in [-0.4, -0.2) is 28.1 Å². The minimum absolute atomic E-state index is 0.101. The summed E-state index contributed by atoms with van der Waals surface area (Å²) in [6, 6.07) is 9.64. The van der Waals surface area contributed by atoms with Crippen LogP contribution in [0.5, 0.6) is 0 Å². The van der Waals surface area contributed by atoms with Crippen LogP contribution < -0.4 is 10.6 Å². The van der Waals surface area contributed by atoms with Crippen LogP contribution in [0.25, 0.3) is 6.08 Å². The molecule has 2 N–H and O–H groups in total. The number of benzene rings is 1. The summed E-state index contributed by atoms with van der Waals surface area (Å²) in [5.74, 6) is 1.89. The van der Waals surface area contributed by atoms with Gasteiger partial charge in [0.15, 0.2) is 0 Å². The van der Waals surface area contributed by atoms with E-state index >= 15 is 0 Å². The highest BCUT2D eigenvalue weighted by atomic mass is 32.2. The Balaban J connectivity index is 1.72. The van der Waals surface area contributed by atoms with E-state index in [0.29, 0.717) is 12.4 Å². The summed E-state index contributed by atoms with van der Waals surface area (Å²) >= 11 is 1.76. The van der Waals surface area contributed by atoms with Crippen LogP contribution in [0.15, 0.2) is 36.4 Å². The number of carbonyl (C=O) groups excluding carboxylic acids is 2. The maximum Gasteiger partial charge on any atom is 0.249 e. The molecule has 2 amide bonds. The second-order valence-electron chi connectivity index (χ2n) is 6.01. The number of amides is 2. The molecule has 1 aromatic heterocycles. The predicted octanol–water partition coefficient (Wildman–Crippen LogP) is 2.81. The number of carbonyl (C=O) groups is 2. The summed E-state index contributed by atoms with van der Waals surface area (Å²) in [6.45, 7) is 2.75. The maximum atomic E-state index is 12.3. The number of hydrogen-bond donors (Lipinski definition) is 2. The van der Waals surface area contributed by atoms with Crippen molar-refractivity contribution in [1.29, 1.82) is 0 Å². The minimum atomic E-state index is -0.233. The molecule has 6 nitrogen and oxygen atoms in total. The first-order chi connectivity index (χ1) is 12.7. The fourth-order valence-electron chi connectivity index (χ4n) is 2.67. The number of thioether (sulfide) groups is 1. The third-order valence-electron chi connectivity index (χ3n) is 3.95. The van der Waals surface area contributed by atoms with Crippen LogP contribution in [0, 0.1) is 0 Å². The standard InChI is InChI=1S/C19H22N4O2S/c1-2-10-20-18(25)11-23-19(15-12-26-13-16(15)22-23)21-17(24)9-8-14-6-4-3-5-7-14/h3-9H,2,10-13H2,1H3,(H,20,25)(H,21,24). The van der Waals surface area contributed by atoms with Gasteiger partial charge in [-0.2, -0.15) is 16.9 Å². The van der Waals surface area contributed by atoms with Gasteiger partial charge in [0.25, 0.3) is 0 Å². The highest BCUT2D eigenvalue weighted by molar-refractivity contribution is 7.98. The van der Waals surface area contributed by atoms with Crippen molar-refractivity contribution in [3.63, 3.8) is 0 Å². The fraction of sp³-hybridized carbons (Fsp3) is 0.316. The lowest BCUT2D eigenvalue weighted by Crippen LogP contribution is -2.29. The van der Waals surface area contributed by atoms with Gasteiger partial charge in [-0.05, 0) is 18.1 Å². The lowest BCUT2D eigenvalue weighted by molar-refractivity contribution is -0.121. The Morgan fingerprint density at radius 1 is 1.27 bits per heavy atom. The molecule has 7 heteroatoms. The largest absolute Gasteiger partial charge is 0.355 e. The topological polar surface area (TPSA) is 76.0 Å². The highest BCUT2D eigenvalue weighted by Gasteiger charge is 2.24. The zero-order chi connectivity index (χ0) is 18.4. The number of nitrogens with zero attached hydrogens (tertiary/aromatic N) is 2. The molecular formula is C19H22N4O2S. The normalized spacial score (nSPS) is 13.0. The maximum absolute atomic E-state index is 12.3. The van der Waals surface area contributed by atoms with Gasteiger partial charge in [0.2, 0.25) is 11.8 Å². The Kier molecular flexibility index (Phi) is 6.12. The lowest BCUT2D eigenvalue weighted by Gasteiger charge is -2.10. The average Bonchev–Trinajstić information content (AvgIpc) is 3.22. The van der Waals surface area contributed by atoms with Gasteiger partial charge in [0.05, 0.1) is 5.69 Å². The molecule has 0 atom stereocenters. The van der Waals surface area contributed by atoms with Crippen molar-refractivity contribution < 1.29 is 9.59 Å². The summed E-state index contributed by atoms with van der Waals surface area (Å²) in [5.41, 5.74) is 2.91. The Morgan fingerprint density at radius 2 is 2.08 bits per heavy atom. The SMILES string of the molecule is CCCNC(=O)Cn1nc2c(c1NC(=O)C=Cc1ccccc1)CSC2. The van der Waals surface area contributed by atoms with Crippen molar-refractivity contribution in [2.24, 2.45) is 0 Å². The highest BCUT2D eigenvalue weighted by Crippen LogP contribution is 2.34. The Labute approximate surface area is 157 Å². The first-order valence-corrected chi connectivity index (χ1v) is 9.80. The van der Waals surface area contributed by atoms with E-state index in [4.69, 9.17) is 0 Å². The Bertz CT molecular complexity index is 814. The smallest absolute Gasteiger partial charge is 0.249 e. The molecule has 0 saturated carbocycles. The van der Waals surface area contributed by atoms with E-state index in [-0.39, 0.29) is 18.4 Å². The van der Waals surface area contributed by atoms with Crippen molar-refractivity contribution in [3.05, 3.63) is 53.2 Å². The van der Waals surface area contributed by atoms with Crippen LogP contribution in [0.3, 0.4) is 0 Å². The first-order valence-electron chi connectivity index (χ1n) is 8.64. The molecule has 0 radical (unpaired) electrons. The molecule has 0 fully saturated rings. The minimum Gasteiger partial charge on any atom is -0.355 e. The van der Waals surface area contributed by atoms with Gasteiger partial charge in [0.1, 0.15) is 12.4 Å². The molecular weight excluding hydrogens is 348 g/mol. The van der Waals surface area contributed by atoms with E-state index in [1.807, 2.05) is 37.3 Å². The second kappa shape index (κ2) is 8.71. The van der Waals surface area contributed by atoms with Crippen molar-refractivity contribution in [3.8, 4) is 0 Å². The van der Waals surface area contributed by atoms with Crippen molar-refractivity contribution in [2.75, 3.05) is 11.9 Å². The van der Waals surface area contributed by atoms with Crippen molar-refractivity contribution in [2.45, 2.75) is 31.4 Å². The quantitative estimate of drug-likeness (QED) is 0.735. The Morgan fingerprint density at radius 3 is 2.85 bits per heavy atom. The van der Waals surface area contributed by atoms with Crippen LogP contribution in [0.1, 0.15) is 30.2 Å². The molecule has 26 heavy (non-hydrogen) atoms. The summed E-state index contributed by atoms with van der Waals surface area (Å²) in [6.07, 6.45) is 4.14. The number of nitrogens with one attached hydrogen (secondary N) is 2. The molecule has 0 saturated heterocycles. The number of anilines is 1. The molecule has 3 rings (SSSR count). The van der Waals surface area contributed by atoms with Crippen LogP contribution in [0.2, 0.25) is 0 Å². The fourth-order valence-corrected chi connectivity index (χ4v) is 3.71. The third kappa shape index (κ3) is 4.54. The van der Waals surface area contributed by atoms with Gasteiger partial charge < -0.3 is 10.6 Å². The molecule has 1 aliphatic heterocycles. The molecule has 0 unspecified atom stereocenters. The van der Waals surface area contributed by atoms with Crippen molar-refractivity contribution in [1.82, 2.24) is 15.1 Å². The average molecular weight is 370 g/mol. The van der Waals surface area contributed by atoms with Crippen LogP contribution in [0.4, 0.5) is 5.82 Å². The van der Waals surface area contributed by atoms with Crippen LogP contribution >= 0.6 is 11.8 Å². The van der Waals surface area contributed by atoms with E-state index in [1.165, 1.54) is 6.08 Å². The van der Waals surface area contributed by atoms with Gasteiger partial charge in [-0.25, -0.2) is 4.68 Å². The van der Waals surface area contributed by atoms with Gasteiger partial charge >= 0.3 is 0 Å². The zero-order valence-corrected chi connectivity index (χ0v) is 15.5. The predicted molar refractivity (Wildman–Crippen MR) is 105 cm³/mol. The van der Waals surface area contributed by atoms with E-state index in [2.05, 4.69) is 15.7 Å².